The molecule has 1 fully saturated rings. The summed E-state index contributed by atoms with van der Waals surface area (Å²) in [6, 6.07) is 8.10. The van der Waals surface area contributed by atoms with E-state index in [1.165, 1.54) is 24.0 Å². The number of aliphatic hydroxyl groups is 1. The molecule has 4 heteroatoms. The highest BCUT2D eigenvalue weighted by molar-refractivity contribution is 5.27. The Hall–Kier alpha value is -1.36. The third kappa shape index (κ3) is 4.48. The highest BCUT2D eigenvalue weighted by Gasteiger charge is 2.50. The van der Waals surface area contributed by atoms with Gasteiger partial charge in [0.1, 0.15) is 5.75 Å². The molecule has 1 saturated carbocycles. The molecule has 0 aromatic heterocycles. The fourth-order valence-electron chi connectivity index (χ4n) is 4.31. The SMILES string of the molecule is COc1ccc(CCNC[C@@H](O)COCC2=CC[C@@H]3C[C@H]2C3(C)C)cc1. The van der Waals surface area contributed by atoms with Gasteiger partial charge in [-0.2, -0.15) is 0 Å². The molecule has 0 saturated heterocycles. The fourth-order valence-corrected chi connectivity index (χ4v) is 4.31. The van der Waals surface area contributed by atoms with Crippen LogP contribution >= 0.6 is 0 Å². The van der Waals surface area contributed by atoms with E-state index < -0.39 is 6.10 Å². The maximum Gasteiger partial charge on any atom is 0.118 e. The number of allylic oxidation sites excluding steroid dienone is 1. The second kappa shape index (κ2) is 8.55. The summed E-state index contributed by atoms with van der Waals surface area (Å²) in [5.74, 6) is 2.42. The van der Waals surface area contributed by atoms with Crippen LogP contribution in [0.5, 0.6) is 5.75 Å². The van der Waals surface area contributed by atoms with E-state index in [1.54, 1.807) is 7.11 Å². The van der Waals surface area contributed by atoms with Gasteiger partial charge < -0.3 is 19.9 Å². The van der Waals surface area contributed by atoms with Crippen LogP contribution in [0.25, 0.3) is 0 Å². The molecule has 1 aromatic carbocycles. The summed E-state index contributed by atoms with van der Waals surface area (Å²) >= 11 is 0. The second-order valence-corrected chi connectivity index (χ2v) is 8.29. The van der Waals surface area contributed by atoms with Crippen LogP contribution in [0.4, 0.5) is 0 Å². The molecule has 2 bridgehead atoms. The van der Waals surface area contributed by atoms with E-state index in [1.807, 2.05) is 12.1 Å². The first kappa shape index (κ1) is 19.4. The lowest BCUT2D eigenvalue weighted by molar-refractivity contribution is -0.0235. The lowest BCUT2D eigenvalue weighted by Gasteiger charge is -2.56. The minimum Gasteiger partial charge on any atom is -0.497 e. The summed E-state index contributed by atoms with van der Waals surface area (Å²) in [5.41, 5.74) is 3.14. The largest absolute Gasteiger partial charge is 0.497 e. The fraction of sp³-hybridized carbons (Fsp3) is 0.636. The molecule has 0 spiro atoms. The van der Waals surface area contributed by atoms with Gasteiger partial charge in [0.2, 0.25) is 0 Å². The topological polar surface area (TPSA) is 50.7 Å². The minimum absolute atomic E-state index is 0.392. The van der Waals surface area contributed by atoms with Crippen LogP contribution in [-0.2, 0) is 11.2 Å². The molecule has 1 aromatic rings. The zero-order valence-corrected chi connectivity index (χ0v) is 16.3. The van der Waals surface area contributed by atoms with E-state index in [4.69, 9.17) is 9.47 Å². The van der Waals surface area contributed by atoms with Crippen LogP contribution in [-0.4, -0.2) is 44.6 Å². The summed E-state index contributed by atoms with van der Waals surface area (Å²) < 4.78 is 11.0. The quantitative estimate of drug-likeness (QED) is 0.498. The average Bonchev–Trinajstić information content (AvgIpc) is 2.65. The van der Waals surface area contributed by atoms with Crippen LogP contribution in [0.3, 0.4) is 0 Å². The number of hydrogen-bond acceptors (Lipinski definition) is 4. The van der Waals surface area contributed by atoms with E-state index in [9.17, 15) is 5.11 Å². The van der Waals surface area contributed by atoms with Gasteiger partial charge in [-0.3, -0.25) is 0 Å². The number of nitrogens with one attached hydrogen (secondary N) is 1. The molecule has 3 aliphatic rings. The first-order chi connectivity index (χ1) is 12.5. The zero-order valence-electron chi connectivity index (χ0n) is 16.3. The van der Waals surface area contributed by atoms with Gasteiger partial charge in [-0.15, -0.1) is 0 Å². The molecule has 0 unspecified atom stereocenters. The normalized spacial score (nSPS) is 24.5. The van der Waals surface area contributed by atoms with Crippen molar-refractivity contribution in [2.24, 2.45) is 17.3 Å². The van der Waals surface area contributed by atoms with Crippen molar-refractivity contribution in [1.82, 2.24) is 5.32 Å². The number of aliphatic hydroxyl groups excluding tert-OH is 1. The molecule has 0 amide bonds. The molecule has 0 aliphatic heterocycles. The monoisotopic (exact) mass is 359 g/mol. The van der Waals surface area contributed by atoms with Crippen LogP contribution in [0.2, 0.25) is 0 Å². The van der Waals surface area contributed by atoms with Crippen LogP contribution in [0.1, 0.15) is 32.3 Å². The molecular weight excluding hydrogens is 326 g/mol. The van der Waals surface area contributed by atoms with E-state index in [2.05, 4.69) is 37.4 Å². The second-order valence-electron chi connectivity index (χ2n) is 8.29. The number of hydrogen-bond donors (Lipinski definition) is 2. The van der Waals surface area contributed by atoms with Gasteiger partial charge in [-0.1, -0.05) is 32.1 Å². The van der Waals surface area contributed by atoms with Crippen LogP contribution in [0, 0.1) is 17.3 Å². The summed E-state index contributed by atoms with van der Waals surface area (Å²) in [7, 11) is 1.68. The Morgan fingerprint density at radius 3 is 2.69 bits per heavy atom. The van der Waals surface area contributed by atoms with E-state index in [-0.39, 0.29) is 0 Å². The third-order valence-corrected chi connectivity index (χ3v) is 6.29. The van der Waals surface area contributed by atoms with Crippen molar-refractivity contribution >= 4 is 0 Å². The van der Waals surface area contributed by atoms with Crippen LogP contribution < -0.4 is 10.1 Å². The highest BCUT2D eigenvalue weighted by Crippen LogP contribution is 2.59. The van der Waals surface area contributed by atoms with Crippen molar-refractivity contribution in [1.29, 1.82) is 0 Å². The number of ether oxygens (including phenoxy) is 2. The van der Waals surface area contributed by atoms with Crippen molar-refractivity contribution in [3.05, 3.63) is 41.5 Å². The smallest absolute Gasteiger partial charge is 0.118 e. The molecular formula is C22H33NO3. The first-order valence-corrected chi connectivity index (χ1v) is 9.79. The Morgan fingerprint density at radius 1 is 1.27 bits per heavy atom. The van der Waals surface area contributed by atoms with Crippen molar-refractivity contribution in [3.8, 4) is 5.75 Å². The summed E-state index contributed by atoms with van der Waals surface area (Å²) in [6.07, 6.45) is 5.35. The standard InChI is InChI=1S/C22H33NO3/c1-22(2)18-7-6-17(21(22)12-18)14-26-15-19(24)13-23-11-10-16-4-8-20(25-3)9-5-16/h4-6,8-9,18-19,21,23-24H,7,10-15H2,1-3H3/t18-,19-,21-/m1/s1. The molecule has 2 N–H and O–H groups in total. The Morgan fingerprint density at radius 2 is 2.04 bits per heavy atom. The Balaban J connectivity index is 1.27. The predicted molar refractivity (Wildman–Crippen MR) is 104 cm³/mol. The summed E-state index contributed by atoms with van der Waals surface area (Å²) in [6.45, 7) is 7.21. The number of methoxy groups -OCH3 is 1. The molecule has 4 rings (SSSR count). The van der Waals surface area contributed by atoms with Gasteiger partial charge in [-0.05, 0) is 66.3 Å². The summed E-state index contributed by atoms with van der Waals surface area (Å²) in [5, 5.41) is 13.4. The van der Waals surface area contributed by atoms with Crippen LogP contribution in [0.15, 0.2) is 35.9 Å². The highest BCUT2D eigenvalue weighted by atomic mass is 16.5. The zero-order chi connectivity index (χ0) is 18.6. The number of benzene rings is 1. The Labute approximate surface area is 157 Å². The maximum absolute atomic E-state index is 10.1. The lowest BCUT2D eigenvalue weighted by atomic mass is 9.49. The Kier molecular flexibility index (Phi) is 6.38. The number of rotatable bonds is 10. The maximum atomic E-state index is 10.1. The molecule has 4 nitrogen and oxygen atoms in total. The van der Waals surface area contributed by atoms with Crippen molar-refractivity contribution in [3.63, 3.8) is 0 Å². The molecule has 26 heavy (non-hydrogen) atoms. The lowest BCUT2D eigenvalue weighted by Crippen LogP contribution is -2.48. The van der Waals surface area contributed by atoms with E-state index in [0.29, 0.717) is 31.1 Å². The van der Waals surface area contributed by atoms with Gasteiger partial charge in [0.25, 0.3) is 0 Å². The van der Waals surface area contributed by atoms with Gasteiger partial charge in [0.15, 0.2) is 0 Å². The molecule has 0 heterocycles. The molecule has 144 valence electrons. The van der Waals surface area contributed by atoms with Gasteiger partial charge in [0.05, 0.1) is 26.4 Å². The van der Waals surface area contributed by atoms with E-state index in [0.717, 1.165) is 24.6 Å². The summed E-state index contributed by atoms with van der Waals surface area (Å²) in [4.78, 5) is 0. The van der Waals surface area contributed by atoms with Gasteiger partial charge >= 0.3 is 0 Å². The molecule has 0 radical (unpaired) electrons. The Bertz CT molecular complexity index is 608. The molecule has 3 atom stereocenters. The average molecular weight is 360 g/mol. The predicted octanol–water partition coefficient (Wildman–Crippen LogP) is 3.20. The van der Waals surface area contributed by atoms with Crippen molar-refractivity contribution in [2.45, 2.75) is 39.2 Å². The van der Waals surface area contributed by atoms with Gasteiger partial charge in [-0.25, -0.2) is 0 Å². The minimum atomic E-state index is -0.461. The number of fused-ring (bicyclic) bond motifs is 1. The van der Waals surface area contributed by atoms with Crippen molar-refractivity contribution < 1.29 is 14.6 Å². The third-order valence-electron chi connectivity index (χ3n) is 6.29. The van der Waals surface area contributed by atoms with Crippen molar-refractivity contribution in [2.75, 3.05) is 33.4 Å². The molecule has 3 aliphatic carbocycles. The van der Waals surface area contributed by atoms with E-state index >= 15 is 0 Å². The first-order valence-electron chi connectivity index (χ1n) is 9.79. The van der Waals surface area contributed by atoms with Gasteiger partial charge in [0, 0.05) is 6.54 Å².